The van der Waals surface area contributed by atoms with Crippen LogP contribution >= 0.6 is 0 Å². The van der Waals surface area contributed by atoms with Crippen LogP contribution in [0.4, 0.5) is 0 Å². The van der Waals surface area contributed by atoms with Crippen molar-refractivity contribution in [2.24, 2.45) is 0 Å². The van der Waals surface area contributed by atoms with Crippen LogP contribution in [0.15, 0.2) is 48.6 Å². The maximum absolute atomic E-state index is 10.3. The number of carboxylic acid groups (broad SMARTS) is 1. The molecule has 0 heterocycles. The Bertz CT molecular complexity index is 408. The lowest BCUT2D eigenvalue weighted by atomic mass is 10.1. The molecule has 136 valence electrons. The van der Waals surface area contributed by atoms with Gasteiger partial charge in [-0.15, -0.1) is 0 Å². The Labute approximate surface area is 146 Å². The largest absolute Gasteiger partial charge is 0.481 e. The van der Waals surface area contributed by atoms with Gasteiger partial charge in [-0.2, -0.15) is 0 Å². The molecule has 0 radical (unpaired) electrons. The van der Waals surface area contributed by atoms with Gasteiger partial charge in [-0.25, -0.2) is 4.89 Å². The molecule has 0 saturated carbocycles. The Hall–Kier alpha value is -1.65. The zero-order valence-electron chi connectivity index (χ0n) is 14.8. The van der Waals surface area contributed by atoms with Gasteiger partial charge in [0.15, 0.2) is 0 Å². The summed E-state index contributed by atoms with van der Waals surface area (Å²) in [6, 6.07) is 0. The fraction of sp³-hybridized carbons (Fsp3) is 0.550. The molecular formula is C20H32O4. The lowest BCUT2D eigenvalue weighted by Gasteiger charge is -2.04. The number of hydrogen-bond acceptors (Lipinski definition) is 3. The van der Waals surface area contributed by atoms with Gasteiger partial charge in [0.05, 0.1) is 0 Å². The van der Waals surface area contributed by atoms with E-state index in [0.29, 0.717) is 12.8 Å². The Morgan fingerprint density at radius 1 is 0.958 bits per heavy atom. The van der Waals surface area contributed by atoms with Crippen molar-refractivity contribution in [1.29, 1.82) is 0 Å². The minimum absolute atomic E-state index is 0.233. The monoisotopic (exact) mass is 336 g/mol. The van der Waals surface area contributed by atoms with E-state index in [1.165, 1.54) is 6.42 Å². The van der Waals surface area contributed by atoms with Crippen LogP contribution in [0.1, 0.15) is 64.7 Å². The van der Waals surface area contributed by atoms with Crippen molar-refractivity contribution < 1.29 is 20.0 Å². The summed E-state index contributed by atoms with van der Waals surface area (Å²) in [4.78, 5) is 14.8. The van der Waals surface area contributed by atoms with Gasteiger partial charge >= 0.3 is 5.97 Å². The maximum atomic E-state index is 10.3. The van der Waals surface area contributed by atoms with Crippen molar-refractivity contribution in [2.45, 2.75) is 70.8 Å². The molecule has 0 aromatic heterocycles. The van der Waals surface area contributed by atoms with E-state index in [2.05, 4.69) is 42.2 Å². The number of unbranched alkanes of at least 4 members (excludes halogenated alkanes) is 3. The van der Waals surface area contributed by atoms with E-state index in [4.69, 9.17) is 10.4 Å². The van der Waals surface area contributed by atoms with Gasteiger partial charge in [-0.05, 0) is 38.5 Å². The van der Waals surface area contributed by atoms with Gasteiger partial charge in [0.1, 0.15) is 6.10 Å². The first-order chi connectivity index (χ1) is 11.7. The molecular weight excluding hydrogens is 304 g/mol. The van der Waals surface area contributed by atoms with Crippen LogP contribution in [-0.2, 0) is 9.68 Å². The highest BCUT2D eigenvalue weighted by Crippen LogP contribution is 2.04. The van der Waals surface area contributed by atoms with E-state index < -0.39 is 5.97 Å². The van der Waals surface area contributed by atoms with Crippen molar-refractivity contribution in [1.82, 2.24) is 0 Å². The van der Waals surface area contributed by atoms with Crippen molar-refractivity contribution in [2.75, 3.05) is 0 Å². The molecule has 0 rings (SSSR count). The van der Waals surface area contributed by atoms with Crippen LogP contribution < -0.4 is 0 Å². The lowest BCUT2D eigenvalue weighted by Crippen LogP contribution is -2.05. The molecule has 0 aliphatic heterocycles. The average molecular weight is 336 g/mol. The molecule has 2 N–H and O–H groups in total. The predicted octanol–water partition coefficient (Wildman–Crippen LogP) is 5.68. The summed E-state index contributed by atoms with van der Waals surface area (Å²) in [5, 5.41) is 17.3. The summed E-state index contributed by atoms with van der Waals surface area (Å²) < 4.78 is 0. The van der Waals surface area contributed by atoms with Crippen LogP contribution in [0.3, 0.4) is 0 Å². The Morgan fingerprint density at radius 3 is 2.21 bits per heavy atom. The number of aliphatic carboxylic acids is 1. The third kappa shape index (κ3) is 16.7. The fourth-order valence-electron chi connectivity index (χ4n) is 1.99. The highest BCUT2D eigenvalue weighted by atomic mass is 17.1. The quantitative estimate of drug-likeness (QED) is 0.175. The Kier molecular flexibility index (Phi) is 16.5. The smallest absolute Gasteiger partial charge is 0.303 e. The molecule has 0 saturated heterocycles. The minimum Gasteiger partial charge on any atom is -0.481 e. The minimum atomic E-state index is -0.736. The van der Waals surface area contributed by atoms with E-state index >= 15 is 0 Å². The normalized spacial score (nSPS) is 13.8. The van der Waals surface area contributed by atoms with Crippen LogP contribution in [0.2, 0.25) is 0 Å². The van der Waals surface area contributed by atoms with Crippen molar-refractivity contribution in [3.05, 3.63) is 48.6 Å². The molecule has 0 aromatic carbocycles. The lowest BCUT2D eigenvalue weighted by molar-refractivity contribution is -0.264. The SMILES string of the molecule is CCCC/C=C/C(C/C=C\C/C=C\C/C=C\CCCC(=O)O)OO. The molecule has 1 atom stereocenters. The van der Waals surface area contributed by atoms with Crippen LogP contribution in [0.25, 0.3) is 0 Å². The fourth-order valence-corrected chi connectivity index (χ4v) is 1.99. The van der Waals surface area contributed by atoms with E-state index in [-0.39, 0.29) is 12.5 Å². The van der Waals surface area contributed by atoms with Gasteiger partial charge in [0.25, 0.3) is 0 Å². The molecule has 24 heavy (non-hydrogen) atoms. The van der Waals surface area contributed by atoms with Crippen LogP contribution in [0.5, 0.6) is 0 Å². The third-order valence-corrected chi connectivity index (χ3v) is 3.38. The molecule has 0 spiro atoms. The second kappa shape index (κ2) is 17.7. The molecule has 0 fully saturated rings. The zero-order valence-corrected chi connectivity index (χ0v) is 14.8. The average Bonchev–Trinajstić information content (AvgIpc) is 2.57. The van der Waals surface area contributed by atoms with E-state index in [9.17, 15) is 4.79 Å². The first kappa shape index (κ1) is 22.4. The van der Waals surface area contributed by atoms with Crippen molar-refractivity contribution >= 4 is 5.97 Å². The van der Waals surface area contributed by atoms with Gasteiger partial charge in [0.2, 0.25) is 0 Å². The molecule has 0 bridgehead atoms. The number of carboxylic acids is 1. The number of allylic oxidation sites excluding steroid dienone is 6. The van der Waals surface area contributed by atoms with Crippen LogP contribution in [0, 0.1) is 0 Å². The number of carbonyl (C=O) groups is 1. The molecule has 0 aliphatic carbocycles. The van der Waals surface area contributed by atoms with Gasteiger partial charge < -0.3 is 5.11 Å². The van der Waals surface area contributed by atoms with E-state index in [1.807, 2.05) is 18.2 Å². The van der Waals surface area contributed by atoms with Crippen molar-refractivity contribution in [3.8, 4) is 0 Å². The van der Waals surface area contributed by atoms with Crippen molar-refractivity contribution in [3.63, 3.8) is 0 Å². The molecule has 0 amide bonds. The zero-order chi connectivity index (χ0) is 17.9. The number of hydrogen-bond donors (Lipinski definition) is 2. The second-order valence-corrected chi connectivity index (χ2v) is 5.62. The third-order valence-electron chi connectivity index (χ3n) is 3.38. The molecule has 4 nitrogen and oxygen atoms in total. The molecule has 4 heteroatoms. The summed E-state index contributed by atoms with van der Waals surface area (Å²) >= 11 is 0. The second-order valence-electron chi connectivity index (χ2n) is 5.62. The summed E-state index contributed by atoms with van der Waals surface area (Å²) in [6.07, 6.45) is 23.5. The highest BCUT2D eigenvalue weighted by Gasteiger charge is 2.00. The van der Waals surface area contributed by atoms with E-state index in [0.717, 1.165) is 32.1 Å². The summed E-state index contributed by atoms with van der Waals surface area (Å²) in [6.45, 7) is 2.15. The van der Waals surface area contributed by atoms with Gasteiger partial charge in [-0.1, -0.05) is 68.4 Å². The maximum Gasteiger partial charge on any atom is 0.303 e. The highest BCUT2D eigenvalue weighted by molar-refractivity contribution is 5.66. The Morgan fingerprint density at radius 2 is 1.58 bits per heavy atom. The van der Waals surface area contributed by atoms with Crippen LogP contribution in [-0.4, -0.2) is 22.4 Å². The summed E-state index contributed by atoms with van der Waals surface area (Å²) in [5.74, 6) is -0.736. The molecule has 0 aliphatic rings. The van der Waals surface area contributed by atoms with Gasteiger partial charge in [0, 0.05) is 6.42 Å². The Balaban J connectivity index is 3.69. The van der Waals surface area contributed by atoms with Gasteiger partial charge in [-0.3, -0.25) is 10.1 Å². The molecule has 0 aromatic rings. The molecule has 1 unspecified atom stereocenters. The summed E-state index contributed by atoms with van der Waals surface area (Å²) in [7, 11) is 0. The first-order valence-corrected chi connectivity index (χ1v) is 8.84. The topological polar surface area (TPSA) is 66.8 Å². The first-order valence-electron chi connectivity index (χ1n) is 8.84. The number of rotatable bonds is 15. The predicted molar refractivity (Wildman–Crippen MR) is 98.9 cm³/mol. The van der Waals surface area contributed by atoms with E-state index in [1.54, 1.807) is 0 Å². The standard InChI is InChI=1S/C20H32O4/c1-2-3-4-13-16-19(24-23)17-14-11-9-7-5-6-8-10-12-15-18-20(21)22/h5,7-8,10-11,13-14,16,19,23H,2-4,6,9,12,15,17-18H2,1H3,(H,21,22)/b7-5-,10-8-,14-11-,16-13+. The summed E-state index contributed by atoms with van der Waals surface area (Å²) in [5.41, 5.74) is 0.